The van der Waals surface area contributed by atoms with Crippen LogP contribution in [0.1, 0.15) is 19.4 Å². The molecule has 0 aromatic heterocycles. The molecule has 6 nitrogen and oxygen atoms in total. The minimum Gasteiger partial charge on any atom is -0.497 e. The fourth-order valence-corrected chi connectivity index (χ4v) is 2.34. The van der Waals surface area contributed by atoms with Crippen LogP contribution in [0.5, 0.6) is 11.5 Å². The number of carbonyl (C=O) groups excluding carboxylic acids is 2. The van der Waals surface area contributed by atoms with Gasteiger partial charge in [0.15, 0.2) is 6.10 Å². The normalized spacial score (nSPS) is 11.3. The second-order valence-corrected chi connectivity index (χ2v) is 5.85. The van der Waals surface area contributed by atoms with Gasteiger partial charge in [-0.05, 0) is 55.3 Å². The molecule has 0 fully saturated rings. The molecular weight excluding hydrogens is 332 g/mol. The Morgan fingerprint density at radius 2 is 1.62 bits per heavy atom. The second-order valence-electron chi connectivity index (χ2n) is 5.85. The summed E-state index contributed by atoms with van der Waals surface area (Å²) in [5.41, 5.74) is 1.80. The summed E-state index contributed by atoms with van der Waals surface area (Å²) in [5, 5.41) is 5.54. The Morgan fingerprint density at radius 3 is 2.19 bits per heavy atom. The van der Waals surface area contributed by atoms with E-state index in [-0.39, 0.29) is 11.8 Å². The number of rotatable bonds is 8. The molecule has 2 rings (SSSR count). The number of benzene rings is 2. The molecule has 138 valence electrons. The van der Waals surface area contributed by atoms with Crippen LogP contribution >= 0.6 is 0 Å². The summed E-state index contributed by atoms with van der Waals surface area (Å²) in [4.78, 5) is 23.1. The van der Waals surface area contributed by atoms with Crippen LogP contribution in [0.2, 0.25) is 0 Å². The molecule has 0 saturated heterocycles. The fourth-order valence-electron chi connectivity index (χ4n) is 2.34. The van der Waals surface area contributed by atoms with Gasteiger partial charge in [-0.15, -0.1) is 0 Å². The Morgan fingerprint density at radius 1 is 1.00 bits per heavy atom. The average Bonchev–Trinajstić information content (AvgIpc) is 2.63. The van der Waals surface area contributed by atoms with Crippen LogP contribution in [0, 0.1) is 0 Å². The van der Waals surface area contributed by atoms with E-state index >= 15 is 0 Å². The zero-order chi connectivity index (χ0) is 18.9. The largest absolute Gasteiger partial charge is 0.497 e. The molecule has 2 aromatic carbocycles. The molecule has 0 saturated carbocycles. The smallest absolute Gasteiger partial charge is 0.260 e. The van der Waals surface area contributed by atoms with Crippen LogP contribution in [-0.2, 0) is 16.0 Å². The van der Waals surface area contributed by atoms with E-state index in [0.29, 0.717) is 18.0 Å². The quantitative estimate of drug-likeness (QED) is 0.762. The van der Waals surface area contributed by atoms with E-state index in [1.54, 1.807) is 38.3 Å². The third-order valence-electron chi connectivity index (χ3n) is 3.73. The second kappa shape index (κ2) is 9.46. The van der Waals surface area contributed by atoms with Crippen molar-refractivity contribution in [2.75, 3.05) is 19.0 Å². The number of amides is 2. The van der Waals surface area contributed by atoms with Crippen LogP contribution in [0.15, 0.2) is 48.5 Å². The molecule has 2 N–H and O–H groups in total. The Bertz CT molecular complexity index is 726. The van der Waals surface area contributed by atoms with Gasteiger partial charge >= 0.3 is 0 Å². The van der Waals surface area contributed by atoms with Crippen molar-refractivity contribution in [3.8, 4) is 11.5 Å². The van der Waals surface area contributed by atoms with Gasteiger partial charge in [0.2, 0.25) is 5.91 Å². The van der Waals surface area contributed by atoms with E-state index in [2.05, 4.69) is 10.6 Å². The Hall–Kier alpha value is -3.02. The number of methoxy groups -OCH3 is 1. The lowest BCUT2D eigenvalue weighted by molar-refractivity contribution is -0.127. The minimum atomic E-state index is -0.613. The van der Waals surface area contributed by atoms with Crippen LogP contribution in [0.3, 0.4) is 0 Å². The molecule has 0 aliphatic rings. The van der Waals surface area contributed by atoms with E-state index in [4.69, 9.17) is 9.47 Å². The zero-order valence-electron chi connectivity index (χ0n) is 15.2. The zero-order valence-corrected chi connectivity index (χ0v) is 15.2. The molecule has 0 spiro atoms. The maximum absolute atomic E-state index is 12.1. The van der Waals surface area contributed by atoms with E-state index in [1.165, 1.54) is 6.92 Å². The van der Waals surface area contributed by atoms with E-state index in [1.807, 2.05) is 24.3 Å². The van der Waals surface area contributed by atoms with Crippen molar-refractivity contribution in [3.63, 3.8) is 0 Å². The lowest BCUT2D eigenvalue weighted by Gasteiger charge is -2.15. The maximum atomic E-state index is 12.1. The van der Waals surface area contributed by atoms with Crippen molar-refractivity contribution < 1.29 is 19.1 Å². The topological polar surface area (TPSA) is 76.7 Å². The summed E-state index contributed by atoms with van der Waals surface area (Å²) in [7, 11) is 1.63. The highest BCUT2D eigenvalue weighted by Gasteiger charge is 2.14. The first-order valence-corrected chi connectivity index (χ1v) is 8.43. The molecule has 0 radical (unpaired) electrons. The first-order valence-electron chi connectivity index (χ1n) is 8.43. The van der Waals surface area contributed by atoms with Gasteiger partial charge in [0.1, 0.15) is 11.5 Å². The summed E-state index contributed by atoms with van der Waals surface area (Å²) >= 11 is 0. The summed E-state index contributed by atoms with van der Waals surface area (Å²) in [6.45, 7) is 3.67. The molecule has 0 aliphatic heterocycles. The third kappa shape index (κ3) is 6.12. The SMILES string of the molecule is COc1ccc(CCNC(=O)C(C)Oc2ccc(NC(C)=O)cc2)cc1. The van der Waals surface area contributed by atoms with Crippen molar-refractivity contribution in [2.24, 2.45) is 0 Å². The van der Waals surface area contributed by atoms with Crippen LogP contribution in [0.4, 0.5) is 5.69 Å². The molecule has 6 heteroatoms. The van der Waals surface area contributed by atoms with E-state index < -0.39 is 6.10 Å². The molecule has 2 amide bonds. The minimum absolute atomic E-state index is 0.136. The number of nitrogens with one attached hydrogen (secondary N) is 2. The van der Waals surface area contributed by atoms with Crippen LogP contribution in [-0.4, -0.2) is 31.6 Å². The van der Waals surface area contributed by atoms with Crippen molar-refractivity contribution >= 4 is 17.5 Å². The summed E-state index contributed by atoms with van der Waals surface area (Å²) in [6.07, 6.45) is 0.117. The molecule has 26 heavy (non-hydrogen) atoms. The third-order valence-corrected chi connectivity index (χ3v) is 3.73. The van der Waals surface area contributed by atoms with E-state index in [9.17, 15) is 9.59 Å². The molecule has 0 heterocycles. The fraction of sp³-hybridized carbons (Fsp3) is 0.300. The van der Waals surface area contributed by atoms with Gasteiger partial charge in [-0.25, -0.2) is 0 Å². The highest BCUT2D eigenvalue weighted by atomic mass is 16.5. The predicted molar refractivity (Wildman–Crippen MR) is 101 cm³/mol. The first kappa shape index (κ1) is 19.3. The monoisotopic (exact) mass is 356 g/mol. The molecule has 1 atom stereocenters. The van der Waals surface area contributed by atoms with Crippen LogP contribution in [0.25, 0.3) is 0 Å². The van der Waals surface area contributed by atoms with Gasteiger partial charge in [0, 0.05) is 19.2 Å². The van der Waals surface area contributed by atoms with Gasteiger partial charge < -0.3 is 20.1 Å². The first-order chi connectivity index (χ1) is 12.5. The lowest BCUT2D eigenvalue weighted by atomic mass is 10.1. The Labute approximate surface area is 153 Å². The summed E-state index contributed by atoms with van der Waals surface area (Å²) in [5.74, 6) is 1.06. The van der Waals surface area contributed by atoms with Crippen LogP contribution < -0.4 is 20.1 Å². The summed E-state index contributed by atoms with van der Waals surface area (Å²) < 4.78 is 10.7. The van der Waals surface area contributed by atoms with Crippen molar-refractivity contribution in [2.45, 2.75) is 26.4 Å². The molecule has 1 unspecified atom stereocenters. The van der Waals surface area contributed by atoms with E-state index in [0.717, 1.165) is 17.7 Å². The highest BCUT2D eigenvalue weighted by Crippen LogP contribution is 2.17. The highest BCUT2D eigenvalue weighted by molar-refractivity contribution is 5.88. The van der Waals surface area contributed by atoms with Crippen molar-refractivity contribution in [3.05, 3.63) is 54.1 Å². The van der Waals surface area contributed by atoms with Crippen molar-refractivity contribution in [1.82, 2.24) is 5.32 Å². The standard InChI is InChI=1S/C20H24N2O4/c1-14(26-19-10-6-17(7-11-19)22-15(2)23)20(24)21-13-12-16-4-8-18(25-3)9-5-16/h4-11,14H,12-13H2,1-3H3,(H,21,24)(H,22,23). The molecule has 0 aliphatic carbocycles. The molecule has 0 bridgehead atoms. The predicted octanol–water partition coefficient (Wildman–Crippen LogP) is 2.78. The number of anilines is 1. The average molecular weight is 356 g/mol. The number of carbonyl (C=O) groups is 2. The lowest BCUT2D eigenvalue weighted by Crippen LogP contribution is -2.37. The van der Waals surface area contributed by atoms with Gasteiger partial charge in [-0.3, -0.25) is 9.59 Å². The number of hydrogen-bond acceptors (Lipinski definition) is 4. The van der Waals surface area contributed by atoms with Gasteiger partial charge in [-0.2, -0.15) is 0 Å². The number of ether oxygens (including phenoxy) is 2. The summed E-state index contributed by atoms with van der Waals surface area (Å²) in [6, 6.07) is 14.6. The maximum Gasteiger partial charge on any atom is 0.260 e. The Kier molecular flexibility index (Phi) is 7.02. The molecule has 2 aromatic rings. The number of hydrogen-bond donors (Lipinski definition) is 2. The Balaban J connectivity index is 1.76. The van der Waals surface area contributed by atoms with Gasteiger partial charge in [-0.1, -0.05) is 12.1 Å². The van der Waals surface area contributed by atoms with Gasteiger partial charge in [0.05, 0.1) is 7.11 Å². The van der Waals surface area contributed by atoms with Crippen molar-refractivity contribution in [1.29, 1.82) is 0 Å². The molecular formula is C20H24N2O4. The van der Waals surface area contributed by atoms with Gasteiger partial charge in [0.25, 0.3) is 5.91 Å².